The Morgan fingerprint density at radius 1 is 1.33 bits per heavy atom. The molecular formula is C18H18N2O2S2. The van der Waals surface area contributed by atoms with Crippen molar-refractivity contribution >= 4 is 33.3 Å². The van der Waals surface area contributed by atoms with Crippen LogP contribution in [0, 0.1) is 0 Å². The Kier molecular flexibility index (Phi) is 4.33. The molecule has 1 N–H and O–H groups in total. The number of thiophene rings is 1. The highest BCUT2D eigenvalue weighted by molar-refractivity contribution is 7.98. The molecule has 0 aliphatic heterocycles. The topological polar surface area (TPSA) is 55.0 Å². The zero-order valence-corrected chi connectivity index (χ0v) is 15.1. The van der Waals surface area contributed by atoms with Crippen LogP contribution >= 0.6 is 23.1 Å². The lowest BCUT2D eigenvalue weighted by atomic mass is 9.97. The average Bonchev–Trinajstić information content (AvgIpc) is 2.99. The van der Waals surface area contributed by atoms with Gasteiger partial charge in [0.15, 0.2) is 5.16 Å². The molecule has 2 aromatic heterocycles. The van der Waals surface area contributed by atoms with Crippen LogP contribution in [-0.4, -0.2) is 17.1 Å². The molecule has 1 aromatic carbocycles. The molecule has 6 heteroatoms. The maximum Gasteiger partial charge on any atom is 0.260 e. The minimum Gasteiger partial charge on any atom is -0.497 e. The fourth-order valence-electron chi connectivity index (χ4n) is 3.13. The molecule has 4 rings (SSSR count). The van der Waals surface area contributed by atoms with Crippen LogP contribution in [0.2, 0.25) is 0 Å². The molecule has 0 spiro atoms. The van der Waals surface area contributed by atoms with E-state index in [1.165, 1.54) is 23.3 Å². The molecule has 124 valence electrons. The summed E-state index contributed by atoms with van der Waals surface area (Å²) in [5, 5.41) is 1.51. The Morgan fingerprint density at radius 2 is 2.21 bits per heavy atom. The second kappa shape index (κ2) is 6.61. The van der Waals surface area contributed by atoms with Gasteiger partial charge in [0, 0.05) is 10.6 Å². The Hall–Kier alpha value is -1.79. The summed E-state index contributed by atoms with van der Waals surface area (Å²) in [4.78, 5) is 22.4. The Labute approximate surface area is 148 Å². The van der Waals surface area contributed by atoms with Crippen LogP contribution in [0.25, 0.3) is 10.2 Å². The third kappa shape index (κ3) is 2.96. The molecule has 3 aromatic rings. The number of aryl methyl sites for hydroxylation is 2. The van der Waals surface area contributed by atoms with Crippen molar-refractivity contribution in [2.24, 2.45) is 0 Å². The van der Waals surface area contributed by atoms with E-state index < -0.39 is 0 Å². The number of hydrogen-bond donors (Lipinski definition) is 1. The van der Waals surface area contributed by atoms with Crippen molar-refractivity contribution in [3.05, 3.63) is 50.6 Å². The van der Waals surface area contributed by atoms with E-state index in [9.17, 15) is 4.79 Å². The second-order valence-electron chi connectivity index (χ2n) is 5.90. The van der Waals surface area contributed by atoms with Gasteiger partial charge in [0.05, 0.1) is 12.5 Å². The minimum atomic E-state index is 0.00698. The van der Waals surface area contributed by atoms with Gasteiger partial charge in [0.2, 0.25) is 0 Å². The van der Waals surface area contributed by atoms with E-state index in [0.29, 0.717) is 5.16 Å². The van der Waals surface area contributed by atoms with Crippen molar-refractivity contribution in [3.8, 4) is 5.75 Å². The number of hydrogen-bond acceptors (Lipinski definition) is 5. The molecule has 24 heavy (non-hydrogen) atoms. The molecule has 0 unspecified atom stereocenters. The molecule has 0 atom stereocenters. The molecule has 1 aliphatic carbocycles. The number of nitrogens with zero attached hydrogens (tertiary/aromatic N) is 1. The summed E-state index contributed by atoms with van der Waals surface area (Å²) in [5.41, 5.74) is 2.39. The largest absolute Gasteiger partial charge is 0.497 e. The first-order valence-corrected chi connectivity index (χ1v) is 9.85. The Bertz CT molecular complexity index is 946. The first kappa shape index (κ1) is 15.7. The molecule has 0 fully saturated rings. The molecule has 2 heterocycles. The maximum absolute atomic E-state index is 12.5. The highest BCUT2D eigenvalue weighted by atomic mass is 32.2. The SMILES string of the molecule is COc1cccc(CSc2nc3sc4c(c3c(=O)[nH]2)CCCC4)c1. The number of H-pyrrole nitrogens is 1. The molecule has 0 saturated heterocycles. The third-order valence-corrected chi connectivity index (χ3v) is 6.44. The van der Waals surface area contributed by atoms with Crippen molar-refractivity contribution in [2.75, 3.05) is 7.11 Å². The summed E-state index contributed by atoms with van der Waals surface area (Å²) in [7, 11) is 1.66. The fraction of sp³-hybridized carbons (Fsp3) is 0.333. The van der Waals surface area contributed by atoms with Crippen LogP contribution in [-0.2, 0) is 18.6 Å². The lowest BCUT2D eigenvalue weighted by Gasteiger charge is -2.09. The number of fused-ring (bicyclic) bond motifs is 3. The van der Waals surface area contributed by atoms with Gasteiger partial charge in [-0.25, -0.2) is 4.98 Å². The molecule has 0 radical (unpaired) electrons. The van der Waals surface area contributed by atoms with Gasteiger partial charge in [-0.1, -0.05) is 23.9 Å². The lowest BCUT2D eigenvalue weighted by Crippen LogP contribution is -2.10. The predicted molar refractivity (Wildman–Crippen MR) is 99.4 cm³/mol. The van der Waals surface area contributed by atoms with Gasteiger partial charge in [0.25, 0.3) is 5.56 Å². The number of methoxy groups -OCH3 is 1. The zero-order chi connectivity index (χ0) is 16.5. The van der Waals surface area contributed by atoms with Crippen LogP contribution in [0.4, 0.5) is 0 Å². The number of nitrogens with one attached hydrogen (secondary N) is 1. The number of rotatable bonds is 4. The van der Waals surface area contributed by atoms with Crippen molar-refractivity contribution in [2.45, 2.75) is 36.6 Å². The van der Waals surface area contributed by atoms with Gasteiger partial charge in [-0.2, -0.15) is 0 Å². The summed E-state index contributed by atoms with van der Waals surface area (Å²) < 4.78 is 5.25. The molecule has 4 nitrogen and oxygen atoms in total. The number of aromatic nitrogens is 2. The van der Waals surface area contributed by atoms with Gasteiger partial charge in [-0.15, -0.1) is 11.3 Å². The van der Waals surface area contributed by atoms with Crippen LogP contribution in [0.3, 0.4) is 0 Å². The first-order chi connectivity index (χ1) is 11.7. The van der Waals surface area contributed by atoms with Crippen molar-refractivity contribution in [1.82, 2.24) is 9.97 Å². The Balaban J connectivity index is 1.62. The van der Waals surface area contributed by atoms with E-state index in [1.54, 1.807) is 30.2 Å². The fourth-order valence-corrected chi connectivity index (χ4v) is 5.25. The van der Waals surface area contributed by atoms with Crippen molar-refractivity contribution in [3.63, 3.8) is 0 Å². The normalized spacial score (nSPS) is 13.9. The molecule has 0 saturated carbocycles. The van der Waals surface area contributed by atoms with Crippen LogP contribution in [0.1, 0.15) is 28.8 Å². The third-order valence-electron chi connectivity index (χ3n) is 4.31. The predicted octanol–water partition coefficient (Wildman–Crippen LogP) is 4.16. The minimum absolute atomic E-state index is 0.00698. The van der Waals surface area contributed by atoms with E-state index in [2.05, 4.69) is 11.1 Å². The van der Waals surface area contributed by atoms with E-state index in [-0.39, 0.29) is 5.56 Å². The second-order valence-corrected chi connectivity index (χ2v) is 7.95. The zero-order valence-electron chi connectivity index (χ0n) is 13.4. The average molecular weight is 358 g/mol. The summed E-state index contributed by atoms with van der Waals surface area (Å²) in [6.45, 7) is 0. The number of benzene rings is 1. The van der Waals surface area contributed by atoms with Crippen LogP contribution in [0.15, 0.2) is 34.2 Å². The van der Waals surface area contributed by atoms with Gasteiger partial charge in [-0.05, 0) is 48.9 Å². The number of ether oxygens (including phenoxy) is 1. The van der Waals surface area contributed by atoms with E-state index in [4.69, 9.17) is 9.72 Å². The molecule has 0 amide bonds. The van der Waals surface area contributed by atoms with Crippen molar-refractivity contribution in [1.29, 1.82) is 0 Å². The van der Waals surface area contributed by atoms with E-state index >= 15 is 0 Å². The summed E-state index contributed by atoms with van der Waals surface area (Å²) >= 11 is 3.24. The Morgan fingerprint density at radius 3 is 3.08 bits per heavy atom. The lowest BCUT2D eigenvalue weighted by molar-refractivity contribution is 0.414. The maximum atomic E-state index is 12.5. The van der Waals surface area contributed by atoms with Crippen LogP contribution in [0.5, 0.6) is 5.75 Å². The monoisotopic (exact) mass is 358 g/mol. The molecule has 0 bridgehead atoms. The number of thioether (sulfide) groups is 1. The van der Waals surface area contributed by atoms with Crippen molar-refractivity contribution < 1.29 is 4.74 Å². The quantitative estimate of drug-likeness (QED) is 0.562. The summed E-state index contributed by atoms with van der Waals surface area (Å²) in [6, 6.07) is 7.96. The van der Waals surface area contributed by atoms with Crippen LogP contribution < -0.4 is 10.3 Å². The molecular weight excluding hydrogens is 340 g/mol. The highest BCUT2D eigenvalue weighted by Crippen LogP contribution is 2.34. The summed E-state index contributed by atoms with van der Waals surface area (Å²) in [6.07, 6.45) is 4.48. The van der Waals surface area contributed by atoms with Gasteiger partial charge < -0.3 is 9.72 Å². The van der Waals surface area contributed by atoms with Gasteiger partial charge >= 0.3 is 0 Å². The highest BCUT2D eigenvalue weighted by Gasteiger charge is 2.19. The summed E-state index contributed by atoms with van der Waals surface area (Å²) in [5.74, 6) is 1.59. The number of aromatic amines is 1. The standard InChI is InChI=1S/C18H18N2O2S2/c1-22-12-6-4-5-11(9-12)10-23-18-19-16(21)15-13-7-2-3-8-14(13)24-17(15)20-18/h4-6,9H,2-3,7-8,10H2,1H3,(H,19,20,21). The van der Waals surface area contributed by atoms with Gasteiger partial charge in [-0.3, -0.25) is 4.79 Å². The molecule has 1 aliphatic rings. The smallest absolute Gasteiger partial charge is 0.260 e. The first-order valence-electron chi connectivity index (χ1n) is 8.05. The van der Waals surface area contributed by atoms with E-state index in [1.807, 2.05) is 18.2 Å². The van der Waals surface area contributed by atoms with E-state index in [0.717, 1.165) is 40.1 Å². The van der Waals surface area contributed by atoms with Gasteiger partial charge in [0.1, 0.15) is 10.6 Å².